The largest absolute Gasteiger partial charge is 0.299 e. The van der Waals surface area contributed by atoms with E-state index in [2.05, 4.69) is 0 Å². The minimum absolute atomic E-state index is 0.726. The molecule has 0 atom stereocenters. The quantitative estimate of drug-likeness (QED) is 0.481. The summed E-state index contributed by atoms with van der Waals surface area (Å²) < 4.78 is 0. The van der Waals surface area contributed by atoms with Crippen molar-refractivity contribution in [2.24, 2.45) is 0 Å². The molecule has 13 heavy (non-hydrogen) atoms. The molecule has 0 aliphatic carbocycles. The van der Waals surface area contributed by atoms with E-state index in [1.54, 1.807) is 0 Å². The second-order valence-corrected chi connectivity index (χ2v) is 2.71. The Kier molecular flexibility index (Phi) is 3.23. The second kappa shape index (κ2) is 4.42. The summed E-state index contributed by atoms with van der Waals surface area (Å²) in [5, 5.41) is 10.0. The Labute approximate surface area is 76.0 Å². The van der Waals surface area contributed by atoms with E-state index in [1.165, 1.54) is 12.3 Å². The topological polar surface area (TPSA) is 49.3 Å². The highest BCUT2D eigenvalue weighted by molar-refractivity contribution is 5.86. The van der Waals surface area contributed by atoms with Crippen LogP contribution in [0, 0.1) is 6.92 Å². The minimum Gasteiger partial charge on any atom is -0.299 e. The van der Waals surface area contributed by atoms with Gasteiger partial charge in [0.1, 0.15) is 6.29 Å². The van der Waals surface area contributed by atoms with Gasteiger partial charge in [0.05, 0.1) is 0 Å². The van der Waals surface area contributed by atoms with Crippen LogP contribution in [0.15, 0.2) is 18.2 Å². The lowest BCUT2D eigenvalue weighted by atomic mass is 10.2. The molecule has 0 fully saturated rings. The maximum atomic E-state index is 10.3. The predicted octanol–water partition coefficient (Wildman–Crippen LogP) is -0.309. The number of rotatable bonds is 2. The van der Waals surface area contributed by atoms with E-state index >= 15 is 0 Å². The zero-order valence-corrected chi connectivity index (χ0v) is 7.32. The smallest absolute Gasteiger partial charge is 0.143 e. The van der Waals surface area contributed by atoms with Gasteiger partial charge in [-0.1, -0.05) is 23.8 Å². The van der Waals surface area contributed by atoms with Crippen molar-refractivity contribution in [2.45, 2.75) is 6.92 Å². The molecule has 2 N–H and O–H groups in total. The van der Waals surface area contributed by atoms with Gasteiger partial charge in [-0.3, -0.25) is 15.5 Å². The van der Waals surface area contributed by atoms with Gasteiger partial charge < -0.3 is 0 Å². The van der Waals surface area contributed by atoms with Gasteiger partial charge in [0.2, 0.25) is 0 Å². The van der Waals surface area contributed by atoms with Gasteiger partial charge in [0.25, 0.3) is 0 Å². The van der Waals surface area contributed by atoms with Gasteiger partial charge in [-0.05, 0) is 23.4 Å². The van der Waals surface area contributed by atoms with Crippen molar-refractivity contribution in [1.29, 1.82) is 0 Å². The summed E-state index contributed by atoms with van der Waals surface area (Å²) in [4.78, 5) is 10.3. The van der Waals surface area contributed by atoms with Crippen LogP contribution in [0.4, 0.5) is 0 Å². The summed E-state index contributed by atoms with van der Waals surface area (Å²) >= 11 is 0. The molecular formula is C10H11NO2. The molecule has 0 heterocycles. The van der Waals surface area contributed by atoms with Crippen molar-refractivity contribution in [3.05, 3.63) is 34.2 Å². The molecule has 0 saturated heterocycles. The molecular weight excluding hydrogens is 166 g/mol. The second-order valence-electron chi connectivity index (χ2n) is 2.71. The number of aryl methyl sites for hydroxylation is 1. The van der Waals surface area contributed by atoms with Gasteiger partial charge >= 0.3 is 0 Å². The fraction of sp³-hybridized carbons (Fsp3) is 0.100. The van der Waals surface area contributed by atoms with Gasteiger partial charge in [0.15, 0.2) is 0 Å². The van der Waals surface area contributed by atoms with Gasteiger partial charge in [-0.2, -0.15) is 0 Å². The number of benzene rings is 1. The van der Waals surface area contributed by atoms with Crippen LogP contribution in [-0.4, -0.2) is 11.5 Å². The minimum atomic E-state index is 0.726. The first-order chi connectivity index (χ1) is 6.27. The number of hydrogen-bond acceptors (Lipinski definition) is 3. The van der Waals surface area contributed by atoms with Crippen molar-refractivity contribution in [3.63, 3.8) is 0 Å². The summed E-state index contributed by atoms with van der Waals surface area (Å²) in [5.74, 6) is 0. The Balaban J connectivity index is 3.45. The zero-order chi connectivity index (χ0) is 9.68. The monoisotopic (exact) mass is 177 g/mol. The fourth-order valence-corrected chi connectivity index (χ4v) is 1.11. The van der Waals surface area contributed by atoms with Crippen molar-refractivity contribution in [1.82, 2.24) is 5.48 Å². The molecule has 3 heteroatoms. The van der Waals surface area contributed by atoms with Crippen LogP contribution in [0.5, 0.6) is 0 Å². The highest BCUT2D eigenvalue weighted by Gasteiger charge is 1.86. The molecule has 0 aliphatic rings. The van der Waals surface area contributed by atoms with Crippen molar-refractivity contribution < 1.29 is 10.0 Å². The molecule has 0 bridgehead atoms. The maximum absolute atomic E-state index is 10.3. The molecule has 1 aromatic carbocycles. The predicted molar refractivity (Wildman–Crippen MR) is 50.3 cm³/mol. The molecule has 68 valence electrons. The Morgan fingerprint density at radius 3 is 2.77 bits per heavy atom. The first kappa shape index (κ1) is 9.48. The average molecular weight is 177 g/mol. The normalized spacial score (nSPS) is 13.1. The lowest BCUT2D eigenvalue weighted by Gasteiger charge is -1.93. The van der Waals surface area contributed by atoms with Crippen molar-refractivity contribution in [3.8, 4) is 0 Å². The van der Waals surface area contributed by atoms with Crippen LogP contribution in [0.3, 0.4) is 0 Å². The lowest BCUT2D eigenvalue weighted by Crippen LogP contribution is -2.26. The molecule has 0 aromatic heterocycles. The van der Waals surface area contributed by atoms with Crippen LogP contribution in [-0.2, 0) is 4.79 Å². The third-order valence-electron chi connectivity index (χ3n) is 1.71. The first-order valence-electron chi connectivity index (χ1n) is 3.90. The van der Waals surface area contributed by atoms with E-state index in [9.17, 15) is 4.79 Å². The number of hydroxylamine groups is 1. The Morgan fingerprint density at radius 2 is 2.15 bits per heavy atom. The molecule has 0 spiro atoms. The summed E-state index contributed by atoms with van der Waals surface area (Å²) in [6.07, 6.45) is 3.61. The van der Waals surface area contributed by atoms with Crippen LogP contribution in [0.2, 0.25) is 0 Å². The van der Waals surface area contributed by atoms with E-state index in [0.29, 0.717) is 0 Å². The van der Waals surface area contributed by atoms with E-state index in [0.717, 1.165) is 22.3 Å². The highest BCUT2D eigenvalue weighted by Crippen LogP contribution is 1.85. The molecule has 3 nitrogen and oxygen atoms in total. The highest BCUT2D eigenvalue weighted by atomic mass is 16.5. The van der Waals surface area contributed by atoms with Crippen LogP contribution in [0.1, 0.15) is 5.56 Å². The standard InChI is InChI=1S/C10H11NO2/c1-8-2-3-10(7-11-13)9(6-8)4-5-12/h2-7,11,13H,1H3/b9-4-,10-7-. The van der Waals surface area contributed by atoms with Gasteiger partial charge in [0, 0.05) is 6.20 Å². The maximum Gasteiger partial charge on any atom is 0.143 e. The van der Waals surface area contributed by atoms with E-state index in [1.807, 2.05) is 30.6 Å². The summed E-state index contributed by atoms with van der Waals surface area (Å²) in [6, 6.07) is 5.61. The molecule has 0 unspecified atom stereocenters. The van der Waals surface area contributed by atoms with Crippen LogP contribution in [0.25, 0.3) is 12.3 Å². The number of aldehydes is 1. The third-order valence-corrected chi connectivity index (χ3v) is 1.71. The zero-order valence-electron chi connectivity index (χ0n) is 7.32. The SMILES string of the molecule is Cc1ccc(=C/NO)/c(=C\C=O)c1. The third kappa shape index (κ3) is 2.42. The Hall–Kier alpha value is -1.61. The molecule has 1 rings (SSSR count). The number of hydrogen-bond donors (Lipinski definition) is 2. The van der Waals surface area contributed by atoms with Gasteiger partial charge in [-0.15, -0.1) is 0 Å². The Morgan fingerprint density at radius 1 is 1.38 bits per heavy atom. The fourth-order valence-electron chi connectivity index (χ4n) is 1.11. The van der Waals surface area contributed by atoms with E-state index in [4.69, 9.17) is 5.21 Å². The first-order valence-corrected chi connectivity index (χ1v) is 3.90. The number of carbonyl (C=O) groups excluding carboxylic acids is 1. The number of nitrogens with one attached hydrogen (secondary N) is 1. The summed E-state index contributed by atoms with van der Waals surface area (Å²) in [5.41, 5.74) is 3.01. The number of carbonyl (C=O) groups is 1. The van der Waals surface area contributed by atoms with Crippen molar-refractivity contribution in [2.75, 3.05) is 0 Å². The van der Waals surface area contributed by atoms with E-state index in [-0.39, 0.29) is 0 Å². The Bertz CT molecular complexity index is 409. The van der Waals surface area contributed by atoms with Crippen LogP contribution < -0.4 is 15.9 Å². The molecule has 0 aliphatic heterocycles. The lowest BCUT2D eigenvalue weighted by molar-refractivity contribution is -0.103. The van der Waals surface area contributed by atoms with Gasteiger partial charge in [-0.25, -0.2) is 0 Å². The summed E-state index contributed by atoms with van der Waals surface area (Å²) in [7, 11) is 0. The average Bonchev–Trinajstić information content (AvgIpc) is 2.10. The van der Waals surface area contributed by atoms with Crippen molar-refractivity contribution >= 4 is 18.6 Å². The summed E-state index contributed by atoms with van der Waals surface area (Å²) in [6.45, 7) is 1.94. The molecule has 0 amide bonds. The van der Waals surface area contributed by atoms with E-state index < -0.39 is 0 Å². The molecule has 0 saturated carbocycles. The molecule has 1 aromatic rings. The van der Waals surface area contributed by atoms with Crippen LogP contribution >= 0.6 is 0 Å². The molecule has 0 radical (unpaired) electrons.